The number of fused-ring (bicyclic) bond motifs is 1. The fourth-order valence-electron chi connectivity index (χ4n) is 2.50. The first-order valence-corrected chi connectivity index (χ1v) is 6.70. The lowest BCUT2D eigenvalue weighted by Crippen LogP contribution is -2.40. The monoisotopic (exact) mass is 269 g/mol. The molecular formula is C16H16FN3. The zero-order chi connectivity index (χ0) is 13.9. The van der Waals surface area contributed by atoms with Crippen LogP contribution in [0.4, 0.5) is 15.8 Å². The highest BCUT2D eigenvalue weighted by atomic mass is 19.1. The Morgan fingerprint density at radius 3 is 2.70 bits per heavy atom. The van der Waals surface area contributed by atoms with E-state index in [2.05, 4.69) is 11.1 Å². The number of aryl methyl sites for hydroxylation is 1. The van der Waals surface area contributed by atoms with Crippen molar-refractivity contribution in [1.82, 2.24) is 0 Å². The van der Waals surface area contributed by atoms with Crippen LogP contribution in [0.5, 0.6) is 0 Å². The number of guanidine groups is 1. The maximum atomic E-state index is 13.6. The first kappa shape index (κ1) is 12.7. The quantitative estimate of drug-likeness (QED) is 0.638. The highest BCUT2D eigenvalue weighted by Crippen LogP contribution is 2.27. The van der Waals surface area contributed by atoms with Gasteiger partial charge >= 0.3 is 0 Å². The molecule has 4 heteroatoms. The molecule has 0 aromatic heterocycles. The molecule has 0 bridgehead atoms. The Morgan fingerprint density at radius 1 is 1.10 bits per heavy atom. The molecule has 2 N–H and O–H groups in total. The molecule has 2 aromatic rings. The van der Waals surface area contributed by atoms with Crippen LogP contribution in [0.1, 0.15) is 12.0 Å². The van der Waals surface area contributed by atoms with Gasteiger partial charge in [-0.2, -0.15) is 0 Å². The van der Waals surface area contributed by atoms with Crippen LogP contribution >= 0.6 is 0 Å². The Kier molecular flexibility index (Phi) is 3.37. The smallest absolute Gasteiger partial charge is 0.201 e. The normalized spacial score (nSPS) is 15.1. The zero-order valence-corrected chi connectivity index (χ0v) is 11.1. The molecule has 0 unspecified atom stereocenters. The van der Waals surface area contributed by atoms with Crippen LogP contribution in [0.3, 0.4) is 0 Å². The minimum atomic E-state index is -0.360. The third-order valence-electron chi connectivity index (χ3n) is 3.47. The van der Waals surface area contributed by atoms with Gasteiger partial charge in [0.05, 0.1) is 0 Å². The van der Waals surface area contributed by atoms with Crippen LogP contribution in [0.25, 0.3) is 0 Å². The van der Waals surface area contributed by atoms with Gasteiger partial charge in [0.25, 0.3) is 0 Å². The summed E-state index contributed by atoms with van der Waals surface area (Å²) < 4.78 is 13.6. The molecular weight excluding hydrogens is 253 g/mol. The molecule has 0 saturated carbocycles. The van der Waals surface area contributed by atoms with E-state index in [0.29, 0.717) is 5.96 Å². The van der Waals surface area contributed by atoms with Gasteiger partial charge in [0.2, 0.25) is 5.96 Å². The van der Waals surface area contributed by atoms with E-state index in [4.69, 9.17) is 5.73 Å². The Morgan fingerprint density at radius 2 is 1.85 bits per heavy atom. The van der Waals surface area contributed by atoms with Crippen molar-refractivity contribution in [2.24, 2.45) is 10.7 Å². The third kappa shape index (κ3) is 2.37. The van der Waals surface area contributed by atoms with E-state index in [1.165, 1.54) is 11.6 Å². The van der Waals surface area contributed by atoms with Gasteiger partial charge in [0.1, 0.15) is 11.5 Å². The molecule has 1 aliphatic rings. The van der Waals surface area contributed by atoms with Gasteiger partial charge in [-0.15, -0.1) is 0 Å². The standard InChI is InChI=1S/C16H16FN3/c17-13-8-2-3-9-14(13)19-16(18)20-11-5-7-12-6-1-4-10-15(12)20/h1-4,6,8-10H,5,7,11H2,(H2,18,19). The molecule has 0 radical (unpaired) electrons. The van der Waals surface area contributed by atoms with Crippen molar-refractivity contribution >= 4 is 17.3 Å². The van der Waals surface area contributed by atoms with E-state index in [0.717, 1.165) is 25.1 Å². The van der Waals surface area contributed by atoms with E-state index in [-0.39, 0.29) is 11.5 Å². The van der Waals surface area contributed by atoms with Gasteiger partial charge in [0.15, 0.2) is 0 Å². The van der Waals surface area contributed by atoms with E-state index in [1.807, 2.05) is 23.1 Å². The molecule has 0 amide bonds. The third-order valence-corrected chi connectivity index (χ3v) is 3.47. The SMILES string of the molecule is NC(=Nc1ccccc1F)N1CCCc2ccccc21. The molecule has 3 nitrogen and oxygen atoms in total. The summed E-state index contributed by atoms with van der Waals surface area (Å²) >= 11 is 0. The van der Waals surface area contributed by atoms with E-state index < -0.39 is 0 Å². The highest BCUT2D eigenvalue weighted by Gasteiger charge is 2.19. The molecule has 20 heavy (non-hydrogen) atoms. The lowest BCUT2D eigenvalue weighted by molar-refractivity contribution is 0.629. The summed E-state index contributed by atoms with van der Waals surface area (Å²) in [5.74, 6) is -0.0250. The van der Waals surface area contributed by atoms with Crippen molar-refractivity contribution in [3.05, 3.63) is 59.9 Å². The maximum absolute atomic E-state index is 13.6. The fraction of sp³-hybridized carbons (Fsp3) is 0.188. The van der Waals surface area contributed by atoms with E-state index in [1.54, 1.807) is 18.2 Å². The molecule has 0 atom stereocenters. The number of halogens is 1. The summed E-state index contributed by atoms with van der Waals surface area (Å²) in [6.45, 7) is 0.806. The number of aliphatic imine (C=N–C) groups is 1. The second-order valence-corrected chi connectivity index (χ2v) is 4.81. The average molecular weight is 269 g/mol. The predicted molar refractivity (Wildman–Crippen MR) is 79.8 cm³/mol. The fourth-order valence-corrected chi connectivity index (χ4v) is 2.50. The predicted octanol–water partition coefficient (Wildman–Crippen LogP) is 3.22. The van der Waals surface area contributed by atoms with Gasteiger partial charge in [-0.25, -0.2) is 9.38 Å². The summed E-state index contributed by atoms with van der Waals surface area (Å²) in [7, 11) is 0. The molecule has 1 heterocycles. The van der Waals surface area contributed by atoms with Crippen LogP contribution in [0, 0.1) is 5.82 Å². The molecule has 102 valence electrons. The molecule has 0 spiro atoms. The molecule has 0 fully saturated rings. The van der Waals surface area contributed by atoms with Crippen LogP contribution in [-0.4, -0.2) is 12.5 Å². The van der Waals surface area contributed by atoms with Crippen molar-refractivity contribution < 1.29 is 4.39 Å². The number of hydrogen-bond acceptors (Lipinski definition) is 1. The van der Waals surface area contributed by atoms with Gasteiger partial charge in [-0.3, -0.25) is 0 Å². The lowest BCUT2D eigenvalue weighted by Gasteiger charge is -2.30. The number of rotatable bonds is 1. The summed E-state index contributed by atoms with van der Waals surface area (Å²) in [4.78, 5) is 6.18. The van der Waals surface area contributed by atoms with Gasteiger partial charge in [-0.1, -0.05) is 30.3 Å². The van der Waals surface area contributed by atoms with Crippen molar-refractivity contribution in [2.45, 2.75) is 12.8 Å². The number of hydrogen-bond donors (Lipinski definition) is 1. The summed E-state index contributed by atoms with van der Waals surface area (Å²) in [6, 6.07) is 14.5. The molecule has 2 aromatic carbocycles. The van der Waals surface area contributed by atoms with Crippen LogP contribution in [0.2, 0.25) is 0 Å². The number of nitrogens with zero attached hydrogens (tertiary/aromatic N) is 2. The number of anilines is 1. The van der Waals surface area contributed by atoms with E-state index in [9.17, 15) is 4.39 Å². The first-order chi connectivity index (χ1) is 9.75. The van der Waals surface area contributed by atoms with Crippen LogP contribution < -0.4 is 10.6 Å². The van der Waals surface area contributed by atoms with Crippen molar-refractivity contribution in [3.63, 3.8) is 0 Å². The topological polar surface area (TPSA) is 41.6 Å². The van der Waals surface area contributed by atoms with Gasteiger partial charge in [0, 0.05) is 12.2 Å². The number of nitrogens with two attached hydrogens (primary N) is 1. The van der Waals surface area contributed by atoms with Gasteiger partial charge < -0.3 is 10.6 Å². The van der Waals surface area contributed by atoms with Crippen molar-refractivity contribution in [2.75, 3.05) is 11.4 Å². The largest absolute Gasteiger partial charge is 0.369 e. The summed E-state index contributed by atoms with van der Waals surface area (Å²) in [5.41, 5.74) is 8.67. The highest BCUT2D eigenvalue weighted by molar-refractivity contribution is 5.97. The number of benzene rings is 2. The first-order valence-electron chi connectivity index (χ1n) is 6.70. The Hall–Kier alpha value is -2.36. The van der Waals surface area contributed by atoms with E-state index >= 15 is 0 Å². The summed E-state index contributed by atoms with van der Waals surface area (Å²) in [6.07, 6.45) is 2.06. The Bertz CT molecular complexity index is 652. The zero-order valence-electron chi connectivity index (χ0n) is 11.1. The minimum absolute atomic E-state index is 0.271. The minimum Gasteiger partial charge on any atom is -0.369 e. The van der Waals surface area contributed by atoms with Crippen molar-refractivity contribution in [1.29, 1.82) is 0 Å². The Balaban J connectivity index is 1.96. The second kappa shape index (κ2) is 5.33. The average Bonchev–Trinajstić information content (AvgIpc) is 2.49. The molecule has 0 aliphatic carbocycles. The summed E-state index contributed by atoms with van der Waals surface area (Å²) in [5, 5.41) is 0. The molecule has 1 aliphatic heterocycles. The van der Waals surface area contributed by atoms with Crippen LogP contribution in [-0.2, 0) is 6.42 Å². The molecule has 0 saturated heterocycles. The number of para-hydroxylation sites is 2. The lowest BCUT2D eigenvalue weighted by atomic mass is 10.0. The Labute approximate surface area is 117 Å². The van der Waals surface area contributed by atoms with Crippen molar-refractivity contribution in [3.8, 4) is 0 Å². The maximum Gasteiger partial charge on any atom is 0.201 e. The molecule has 3 rings (SSSR count). The second-order valence-electron chi connectivity index (χ2n) is 4.81. The van der Waals surface area contributed by atoms with Gasteiger partial charge in [-0.05, 0) is 36.6 Å². The van der Waals surface area contributed by atoms with Crippen LogP contribution in [0.15, 0.2) is 53.5 Å².